The summed E-state index contributed by atoms with van der Waals surface area (Å²) in [6.07, 6.45) is -3.33. The zero-order chi connectivity index (χ0) is 22.3. The molecule has 0 saturated carbocycles. The molecule has 0 bridgehead atoms. The average molecular weight is 447 g/mol. The first-order valence-electron chi connectivity index (χ1n) is 9.81. The summed E-state index contributed by atoms with van der Waals surface area (Å²) >= 11 is 6.01. The van der Waals surface area contributed by atoms with Crippen LogP contribution in [0.3, 0.4) is 0 Å². The van der Waals surface area contributed by atoms with Crippen molar-refractivity contribution in [3.63, 3.8) is 0 Å². The second-order valence-corrected chi connectivity index (χ2v) is 9.09. The molecular weight excluding hydrogens is 421 g/mol. The summed E-state index contributed by atoms with van der Waals surface area (Å²) in [4.78, 5) is 27.3. The second kappa shape index (κ2) is 8.26. The van der Waals surface area contributed by atoms with E-state index in [0.717, 1.165) is 5.56 Å². The van der Waals surface area contributed by atoms with Crippen molar-refractivity contribution in [2.45, 2.75) is 50.5 Å². The molecule has 0 aliphatic carbocycles. The van der Waals surface area contributed by atoms with Gasteiger partial charge in [0, 0.05) is 10.6 Å². The lowest BCUT2D eigenvalue weighted by Crippen LogP contribution is -2.55. The minimum atomic E-state index is -4.27. The maximum Gasteiger partial charge on any atom is 0.401 e. The summed E-state index contributed by atoms with van der Waals surface area (Å²) in [5, 5.41) is 3.13. The van der Waals surface area contributed by atoms with E-state index in [1.807, 2.05) is 12.1 Å². The van der Waals surface area contributed by atoms with E-state index < -0.39 is 42.3 Å². The van der Waals surface area contributed by atoms with E-state index in [2.05, 4.69) is 5.32 Å². The predicted octanol–water partition coefficient (Wildman–Crippen LogP) is 3.31. The van der Waals surface area contributed by atoms with Crippen LogP contribution < -0.4 is 11.1 Å². The number of piperidine rings is 1. The Kier molecular flexibility index (Phi) is 6.25. The van der Waals surface area contributed by atoms with Crippen molar-refractivity contribution < 1.29 is 22.8 Å². The van der Waals surface area contributed by atoms with E-state index in [4.69, 9.17) is 17.3 Å². The van der Waals surface area contributed by atoms with Gasteiger partial charge < -0.3 is 16.0 Å². The van der Waals surface area contributed by atoms with Gasteiger partial charge in [0.2, 0.25) is 5.91 Å². The Labute approximate surface area is 178 Å². The minimum absolute atomic E-state index is 0.0944. The number of nitrogens with zero attached hydrogens (tertiary/aromatic N) is 2. The molecule has 2 aliphatic rings. The maximum absolute atomic E-state index is 13.0. The Bertz CT molecular complexity index is 800. The zero-order valence-electron chi connectivity index (χ0n) is 16.9. The van der Waals surface area contributed by atoms with Gasteiger partial charge in [0.25, 0.3) is 0 Å². The predicted molar refractivity (Wildman–Crippen MR) is 107 cm³/mol. The summed E-state index contributed by atoms with van der Waals surface area (Å²) in [6, 6.07) is 5.44. The average Bonchev–Trinajstić information content (AvgIpc) is 3.00. The quantitative estimate of drug-likeness (QED) is 0.728. The summed E-state index contributed by atoms with van der Waals surface area (Å²) in [5.41, 5.74) is 5.49. The highest BCUT2D eigenvalue weighted by Gasteiger charge is 2.46. The lowest BCUT2D eigenvalue weighted by molar-refractivity contribution is -0.164. The van der Waals surface area contributed by atoms with Gasteiger partial charge in [0.1, 0.15) is 6.04 Å². The van der Waals surface area contributed by atoms with Gasteiger partial charge in [-0.15, -0.1) is 0 Å². The number of primary amides is 1. The first-order valence-corrected chi connectivity index (χ1v) is 10.2. The van der Waals surface area contributed by atoms with Crippen molar-refractivity contribution >= 4 is 23.5 Å². The fourth-order valence-electron chi connectivity index (χ4n) is 4.60. The third-order valence-electron chi connectivity index (χ3n) is 6.03. The van der Waals surface area contributed by atoms with Crippen LogP contribution in [0.1, 0.15) is 38.3 Å². The number of hydrogen-bond acceptors (Lipinski definition) is 3. The van der Waals surface area contributed by atoms with E-state index in [9.17, 15) is 22.8 Å². The number of amides is 3. The SMILES string of the molecule is CC1(C)C[C@@H]([C@H](c2ccc(Cl)cc2)N2CC(C(N)=O)NC2=O)CCN1CC(F)(F)F. The van der Waals surface area contributed by atoms with E-state index >= 15 is 0 Å². The topological polar surface area (TPSA) is 78.7 Å². The lowest BCUT2D eigenvalue weighted by Gasteiger charge is -2.49. The van der Waals surface area contributed by atoms with Crippen molar-refractivity contribution in [3.8, 4) is 0 Å². The van der Waals surface area contributed by atoms with Gasteiger partial charge >= 0.3 is 12.2 Å². The maximum atomic E-state index is 13.0. The van der Waals surface area contributed by atoms with E-state index in [-0.39, 0.29) is 19.0 Å². The highest BCUT2D eigenvalue weighted by molar-refractivity contribution is 6.30. The molecule has 1 unspecified atom stereocenters. The molecule has 6 nitrogen and oxygen atoms in total. The number of hydrogen-bond donors (Lipinski definition) is 2. The van der Waals surface area contributed by atoms with Crippen molar-refractivity contribution in [2.75, 3.05) is 19.6 Å². The molecule has 10 heteroatoms. The Hall–Kier alpha value is -2.00. The highest BCUT2D eigenvalue weighted by atomic mass is 35.5. The number of halogens is 4. The van der Waals surface area contributed by atoms with E-state index in [1.165, 1.54) is 4.90 Å². The normalized spacial score (nSPS) is 25.8. The van der Waals surface area contributed by atoms with Gasteiger partial charge in [-0.05, 0) is 56.8 Å². The van der Waals surface area contributed by atoms with Crippen LogP contribution in [0, 0.1) is 5.92 Å². The molecule has 2 saturated heterocycles. The zero-order valence-corrected chi connectivity index (χ0v) is 17.6. The molecule has 2 fully saturated rings. The first kappa shape index (κ1) is 22.7. The van der Waals surface area contributed by atoms with E-state index in [1.54, 1.807) is 30.9 Å². The molecule has 0 radical (unpaired) electrons. The van der Waals surface area contributed by atoms with Crippen LogP contribution in [-0.4, -0.2) is 59.1 Å². The Balaban J connectivity index is 1.89. The van der Waals surface area contributed by atoms with Crippen LogP contribution in [0.15, 0.2) is 24.3 Å². The molecule has 2 heterocycles. The fourth-order valence-corrected chi connectivity index (χ4v) is 4.73. The molecule has 166 valence electrons. The molecule has 30 heavy (non-hydrogen) atoms. The number of rotatable bonds is 5. The molecule has 3 N–H and O–H groups in total. The third kappa shape index (κ3) is 5.00. The number of urea groups is 1. The molecule has 3 atom stereocenters. The Morgan fingerprint density at radius 3 is 2.47 bits per heavy atom. The van der Waals surface area contributed by atoms with Crippen LogP contribution in [0.5, 0.6) is 0 Å². The Morgan fingerprint density at radius 2 is 1.97 bits per heavy atom. The molecule has 0 aromatic heterocycles. The highest BCUT2D eigenvalue weighted by Crippen LogP contribution is 2.43. The van der Waals surface area contributed by atoms with Gasteiger partial charge in [0.05, 0.1) is 19.1 Å². The van der Waals surface area contributed by atoms with Gasteiger partial charge in [-0.25, -0.2) is 4.79 Å². The van der Waals surface area contributed by atoms with E-state index in [0.29, 0.717) is 17.9 Å². The molecule has 2 aliphatic heterocycles. The van der Waals surface area contributed by atoms with Crippen molar-refractivity contribution in [1.29, 1.82) is 0 Å². The monoisotopic (exact) mass is 446 g/mol. The molecule has 1 aromatic rings. The fraction of sp³-hybridized carbons (Fsp3) is 0.600. The number of nitrogens with two attached hydrogens (primary N) is 1. The molecule has 3 amide bonds. The molecule has 1 aromatic carbocycles. The largest absolute Gasteiger partial charge is 0.401 e. The summed E-state index contributed by atoms with van der Waals surface area (Å²) in [7, 11) is 0. The number of carbonyl (C=O) groups excluding carboxylic acids is 2. The third-order valence-corrected chi connectivity index (χ3v) is 6.28. The Morgan fingerprint density at radius 1 is 1.33 bits per heavy atom. The van der Waals surface area contributed by atoms with Crippen molar-refractivity contribution in [1.82, 2.24) is 15.1 Å². The summed E-state index contributed by atoms with van der Waals surface area (Å²) < 4.78 is 39.0. The van der Waals surface area contributed by atoms with Gasteiger partial charge in [-0.1, -0.05) is 23.7 Å². The van der Waals surface area contributed by atoms with Crippen molar-refractivity contribution in [2.24, 2.45) is 11.7 Å². The van der Waals surface area contributed by atoms with Crippen LogP contribution in [0.2, 0.25) is 5.02 Å². The summed E-state index contributed by atoms with van der Waals surface area (Å²) in [6.45, 7) is 2.99. The number of benzene rings is 1. The van der Waals surface area contributed by atoms with Crippen LogP contribution in [0.4, 0.5) is 18.0 Å². The second-order valence-electron chi connectivity index (χ2n) is 8.66. The standard InChI is InChI=1S/C20H26ClF3N4O2/c1-19(2)9-13(7-8-27(19)11-20(22,23)24)16(12-3-5-14(21)6-4-12)28-10-15(17(25)29)26-18(28)30/h3-6,13,15-16H,7-11H2,1-2H3,(H2,25,29)(H,26,30)/t13-,15?,16-/m0/s1. The van der Waals surface area contributed by atoms with Crippen molar-refractivity contribution in [3.05, 3.63) is 34.9 Å². The van der Waals surface area contributed by atoms with Gasteiger partial charge in [-0.3, -0.25) is 9.69 Å². The van der Waals surface area contributed by atoms with Crippen LogP contribution >= 0.6 is 11.6 Å². The van der Waals surface area contributed by atoms with Crippen LogP contribution in [0.25, 0.3) is 0 Å². The number of carbonyl (C=O) groups is 2. The minimum Gasteiger partial charge on any atom is -0.368 e. The number of nitrogens with one attached hydrogen (secondary N) is 1. The number of alkyl halides is 3. The first-order chi connectivity index (χ1) is 13.9. The summed E-state index contributed by atoms with van der Waals surface area (Å²) in [5.74, 6) is -0.718. The van der Waals surface area contributed by atoms with Gasteiger partial charge in [-0.2, -0.15) is 13.2 Å². The van der Waals surface area contributed by atoms with Gasteiger partial charge in [0.15, 0.2) is 0 Å². The lowest BCUT2D eigenvalue weighted by atomic mass is 9.76. The number of likely N-dealkylation sites (tertiary alicyclic amines) is 1. The van der Waals surface area contributed by atoms with Crippen LogP contribution in [-0.2, 0) is 4.79 Å². The molecule has 3 rings (SSSR count). The molecular formula is C20H26ClF3N4O2. The molecule has 0 spiro atoms. The smallest absolute Gasteiger partial charge is 0.368 e.